The minimum Gasteiger partial charge on any atom is -0.278 e. The number of fused-ring (bicyclic) bond motifs is 2. The van der Waals surface area contributed by atoms with Gasteiger partial charge in [-0.05, 0) is 24.6 Å². The van der Waals surface area contributed by atoms with E-state index in [9.17, 15) is 4.79 Å². The van der Waals surface area contributed by atoms with Crippen molar-refractivity contribution in [2.75, 3.05) is 0 Å². The molecule has 0 atom stereocenters. The number of aromatic amines is 1. The van der Waals surface area contributed by atoms with Crippen molar-refractivity contribution >= 4 is 21.8 Å². The summed E-state index contributed by atoms with van der Waals surface area (Å²) in [5.74, 6) is 0. The minimum absolute atomic E-state index is 0.314. The summed E-state index contributed by atoms with van der Waals surface area (Å²) in [5.41, 5.74) is 3.13. The molecule has 0 fully saturated rings. The highest BCUT2D eigenvalue weighted by Crippen LogP contribution is 2.25. The fraction of sp³-hybridized carbons (Fsp3) is 0.0667. The molecule has 1 aromatic carbocycles. The molecule has 0 saturated heterocycles. The number of hydrogen-bond acceptors (Lipinski definition) is 4. The molecule has 0 spiro atoms. The van der Waals surface area contributed by atoms with Crippen LogP contribution in [0, 0.1) is 6.92 Å². The van der Waals surface area contributed by atoms with E-state index in [2.05, 4.69) is 20.2 Å². The van der Waals surface area contributed by atoms with E-state index in [-0.39, 0.29) is 5.69 Å². The number of nitrogens with one attached hydrogen (secondary N) is 1. The first-order valence-electron chi connectivity index (χ1n) is 6.50. The van der Waals surface area contributed by atoms with E-state index in [1.807, 2.05) is 25.1 Å². The molecule has 1 N–H and O–H groups in total. The van der Waals surface area contributed by atoms with Gasteiger partial charge in [0.1, 0.15) is 0 Å². The Labute approximate surface area is 119 Å². The first-order valence-corrected chi connectivity index (χ1v) is 6.50. The summed E-state index contributed by atoms with van der Waals surface area (Å²) < 4.78 is 1.62. The summed E-state index contributed by atoms with van der Waals surface area (Å²) in [7, 11) is 0. The van der Waals surface area contributed by atoms with Crippen molar-refractivity contribution in [1.82, 2.24) is 24.7 Å². The average Bonchev–Trinajstić information content (AvgIpc) is 2.97. The summed E-state index contributed by atoms with van der Waals surface area (Å²) in [6.45, 7) is 1.97. The molecular formula is C15H11N5O. The molecule has 3 aromatic heterocycles. The topological polar surface area (TPSA) is 76.5 Å². The van der Waals surface area contributed by atoms with Crippen LogP contribution in [0.15, 0.2) is 47.8 Å². The zero-order valence-corrected chi connectivity index (χ0v) is 11.2. The Morgan fingerprint density at radius 2 is 2.05 bits per heavy atom. The highest BCUT2D eigenvalue weighted by Gasteiger charge is 2.13. The molecule has 0 aliphatic rings. The van der Waals surface area contributed by atoms with Crippen molar-refractivity contribution in [3.63, 3.8) is 0 Å². The molecule has 0 bridgehead atoms. The van der Waals surface area contributed by atoms with E-state index < -0.39 is 0 Å². The van der Waals surface area contributed by atoms with Gasteiger partial charge in [-0.25, -0.2) is 9.78 Å². The summed E-state index contributed by atoms with van der Waals surface area (Å²) in [6, 6.07) is 5.73. The molecule has 0 unspecified atom stereocenters. The molecule has 6 nitrogen and oxygen atoms in total. The predicted octanol–water partition coefficient (Wildman–Crippen LogP) is 1.97. The molecule has 4 rings (SSSR count). The maximum Gasteiger partial charge on any atom is 0.352 e. The van der Waals surface area contributed by atoms with Gasteiger partial charge in [0.2, 0.25) is 0 Å². The van der Waals surface area contributed by atoms with Crippen LogP contribution in [0.4, 0.5) is 0 Å². The van der Waals surface area contributed by atoms with E-state index in [1.165, 1.54) is 0 Å². The summed E-state index contributed by atoms with van der Waals surface area (Å²) in [6.07, 6.45) is 6.64. The standard InChI is InChI=1S/C15H11N5O/c1-9-2-3-12-11(8-18-19-12)14(9)20-13-4-5-16-6-10(13)7-17-15(20)21/h2-8H,1H3,(H,18,19). The predicted molar refractivity (Wildman–Crippen MR) is 79.5 cm³/mol. The Hall–Kier alpha value is -3.02. The number of hydrogen-bond donors (Lipinski definition) is 1. The SMILES string of the molecule is Cc1ccc2[nH]ncc2c1-n1c(=O)ncc2cnccc21. The van der Waals surface area contributed by atoms with E-state index in [1.54, 1.807) is 29.4 Å². The third kappa shape index (κ3) is 1.66. The van der Waals surface area contributed by atoms with Gasteiger partial charge in [-0.2, -0.15) is 5.10 Å². The van der Waals surface area contributed by atoms with Crippen LogP contribution in [0.3, 0.4) is 0 Å². The van der Waals surface area contributed by atoms with Crippen molar-refractivity contribution in [2.24, 2.45) is 0 Å². The molecule has 3 heterocycles. The van der Waals surface area contributed by atoms with Gasteiger partial charge < -0.3 is 0 Å². The average molecular weight is 277 g/mol. The molecule has 0 amide bonds. The van der Waals surface area contributed by atoms with Gasteiger partial charge in [0.05, 0.1) is 22.9 Å². The molecule has 102 valence electrons. The van der Waals surface area contributed by atoms with Gasteiger partial charge >= 0.3 is 5.69 Å². The first-order chi connectivity index (χ1) is 10.3. The van der Waals surface area contributed by atoms with Crippen LogP contribution in [-0.2, 0) is 0 Å². The summed E-state index contributed by atoms with van der Waals surface area (Å²) >= 11 is 0. The van der Waals surface area contributed by atoms with E-state index >= 15 is 0 Å². The summed E-state index contributed by atoms with van der Waals surface area (Å²) in [4.78, 5) is 20.4. The lowest BCUT2D eigenvalue weighted by atomic mass is 10.1. The number of benzene rings is 1. The fourth-order valence-electron chi connectivity index (χ4n) is 2.61. The highest BCUT2D eigenvalue weighted by atomic mass is 16.1. The normalized spacial score (nSPS) is 11.3. The van der Waals surface area contributed by atoms with Crippen LogP contribution in [0.25, 0.3) is 27.5 Å². The van der Waals surface area contributed by atoms with Gasteiger partial charge in [-0.1, -0.05) is 6.07 Å². The van der Waals surface area contributed by atoms with E-state index in [0.29, 0.717) is 0 Å². The zero-order chi connectivity index (χ0) is 14.4. The van der Waals surface area contributed by atoms with E-state index in [4.69, 9.17) is 0 Å². The fourth-order valence-corrected chi connectivity index (χ4v) is 2.61. The van der Waals surface area contributed by atoms with Crippen molar-refractivity contribution in [3.05, 3.63) is 59.0 Å². The van der Waals surface area contributed by atoms with Crippen molar-refractivity contribution in [1.29, 1.82) is 0 Å². The molecule has 6 heteroatoms. The molecule has 0 saturated carbocycles. The smallest absolute Gasteiger partial charge is 0.278 e. The van der Waals surface area contributed by atoms with Crippen molar-refractivity contribution in [2.45, 2.75) is 6.92 Å². The zero-order valence-electron chi connectivity index (χ0n) is 11.2. The Morgan fingerprint density at radius 3 is 2.95 bits per heavy atom. The maximum atomic E-state index is 12.4. The highest BCUT2D eigenvalue weighted by molar-refractivity contribution is 5.91. The number of pyridine rings is 1. The third-order valence-corrected chi connectivity index (χ3v) is 3.60. The second-order valence-corrected chi connectivity index (χ2v) is 4.87. The third-order valence-electron chi connectivity index (χ3n) is 3.60. The number of rotatable bonds is 1. The largest absolute Gasteiger partial charge is 0.352 e. The lowest BCUT2D eigenvalue weighted by Crippen LogP contribution is -2.22. The van der Waals surface area contributed by atoms with Crippen LogP contribution in [-0.4, -0.2) is 24.7 Å². The Balaban J connectivity index is 2.24. The molecular weight excluding hydrogens is 266 g/mol. The maximum absolute atomic E-state index is 12.4. The van der Waals surface area contributed by atoms with Crippen LogP contribution in [0.2, 0.25) is 0 Å². The Morgan fingerprint density at radius 1 is 1.14 bits per heavy atom. The lowest BCUT2D eigenvalue weighted by molar-refractivity contribution is 0.956. The number of aryl methyl sites for hydroxylation is 1. The van der Waals surface area contributed by atoms with Crippen molar-refractivity contribution < 1.29 is 0 Å². The lowest BCUT2D eigenvalue weighted by Gasteiger charge is -2.12. The molecule has 0 aliphatic carbocycles. The molecule has 0 aliphatic heterocycles. The van der Waals surface area contributed by atoms with Gasteiger partial charge in [0, 0.05) is 29.4 Å². The van der Waals surface area contributed by atoms with Gasteiger partial charge in [-0.3, -0.25) is 14.6 Å². The van der Waals surface area contributed by atoms with Crippen LogP contribution in [0.1, 0.15) is 5.56 Å². The summed E-state index contributed by atoms with van der Waals surface area (Å²) in [5, 5.41) is 8.70. The van der Waals surface area contributed by atoms with Crippen LogP contribution < -0.4 is 5.69 Å². The Kier molecular flexibility index (Phi) is 2.38. The second kappa shape index (κ2) is 4.24. The van der Waals surface area contributed by atoms with E-state index in [0.717, 1.165) is 33.1 Å². The second-order valence-electron chi connectivity index (χ2n) is 4.87. The molecule has 4 aromatic rings. The number of H-pyrrole nitrogens is 1. The van der Waals surface area contributed by atoms with Crippen molar-refractivity contribution in [3.8, 4) is 5.69 Å². The molecule has 21 heavy (non-hydrogen) atoms. The van der Waals surface area contributed by atoms with Gasteiger partial charge in [0.15, 0.2) is 0 Å². The quantitative estimate of drug-likeness (QED) is 0.577. The Bertz CT molecular complexity index is 1030. The monoisotopic (exact) mass is 277 g/mol. The first kappa shape index (κ1) is 11.8. The van der Waals surface area contributed by atoms with Gasteiger partial charge in [0.25, 0.3) is 0 Å². The number of aromatic nitrogens is 5. The molecule has 0 radical (unpaired) electrons. The number of nitrogens with zero attached hydrogens (tertiary/aromatic N) is 4. The minimum atomic E-state index is -0.314. The van der Waals surface area contributed by atoms with Gasteiger partial charge in [-0.15, -0.1) is 0 Å². The van der Waals surface area contributed by atoms with Crippen LogP contribution in [0.5, 0.6) is 0 Å². The van der Waals surface area contributed by atoms with Crippen LogP contribution >= 0.6 is 0 Å².